The smallest absolute Gasteiger partial charge is 0.258 e. The largest absolute Gasteiger partial charge is 0.396 e. The summed E-state index contributed by atoms with van der Waals surface area (Å²) in [4.78, 5) is 30.8. The molecule has 0 spiro atoms. The Kier molecular flexibility index (Phi) is 6.45. The minimum absolute atomic E-state index is 0.0125. The van der Waals surface area contributed by atoms with Crippen LogP contribution in [0.1, 0.15) is 42.6 Å². The standard InChI is InChI=1S/C28H35N3O3/c1-3-7-21-10-11-24-25-22(17-31(24)27(21)33)23(18-32)26(29(25)2)28(34)30-14-12-20(13-15-30)16-19-8-5-4-6-9-19/h3-11,20,22-23,25-26,32H,12-18H2,1-2H3/b7-3-/t22-,23-,25+,26-/m1/s1. The molecule has 180 valence electrons. The zero-order chi connectivity index (χ0) is 23.8. The summed E-state index contributed by atoms with van der Waals surface area (Å²) in [5.74, 6) is 0.626. The quantitative estimate of drug-likeness (QED) is 0.744. The first kappa shape index (κ1) is 23.1. The summed E-state index contributed by atoms with van der Waals surface area (Å²) >= 11 is 0. The van der Waals surface area contributed by atoms with Crippen molar-refractivity contribution in [1.29, 1.82) is 0 Å². The van der Waals surface area contributed by atoms with E-state index in [-0.39, 0.29) is 42.0 Å². The highest BCUT2D eigenvalue weighted by Crippen LogP contribution is 2.48. The van der Waals surface area contributed by atoms with Gasteiger partial charge in [-0.3, -0.25) is 14.5 Å². The Hall–Kier alpha value is -2.70. The lowest BCUT2D eigenvalue weighted by atomic mass is 9.86. The number of rotatable bonds is 5. The number of hydrogen-bond acceptors (Lipinski definition) is 4. The van der Waals surface area contributed by atoms with Crippen LogP contribution in [-0.2, 0) is 17.8 Å². The Balaban J connectivity index is 1.30. The van der Waals surface area contributed by atoms with Crippen LogP contribution in [0.15, 0.2) is 53.3 Å². The van der Waals surface area contributed by atoms with Gasteiger partial charge >= 0.3 is 0 Å². The Morgan fingerprint density at radius 1 is 1.12 bits per heavy atom. The van der Waals surface area contributed by atoms with Gasteiger partial charge in [-0.1, -0.05) is 42.5 Å². The van der Waals surface area contributed by atoms with Crippen LogP contribution in [0, 0.1) is 17.8 Å². The van der Waals surface area contributed by atoms with Crippen LogP contribution in [-0.4, -0.2) is 58.2 Å². The molecule has 3 aliphatic rings. The molecule has 4 atom stereocenters. The van der Waals surface area contributed by atoms with Crippen molar-refractivity contribution in [1.82, 2.24) is 14.4 Å². The molecule has 0 saturated carbocycles. The molecule has 0 aliphatic carbocycles. The number of pyridine rings is 1. The van der Waals surface area contributed by atoms with Gasteiger partial charge < -0.3 is 14.6 Å². The number of carbonyl (C=O) groups excluding carboxylic acids is 1. The van der Waals surface area contributed by atoms with Crippen molar-refractivity contribution in [2.75, 3.05) is 26.7 Å². The zero-order valence-electron chi connectivity index (χ0n) is 20.1. The number of nitrogens with zero attached hydrogens (tertiary/aromatic N) is 3. The number of likely N-dealkylation sites (tertiary alicyclic amines) is 2. The summed E-state index contributed by atoms with van der Waals surface area (Å²) in [6.07, 6.45) is 6.81. The summed E-state index contributed by atoms with van der Waals surface area (Å²) in [5, 5.41) is 10.3. The van der Waals surface area contributed by atoms with Crippen molar-refractivity contribution in [2.24, 2.45) is 17.8 Å². The Morgan fingerprint density at radius 2 is 1.85 bits per heavy atom. The highest BCUT2D eigenvalue weighted by molar-refractivity contribution is 5.83. The second-order valence-corrected chi connectivity index (χ2v) is 10.2. The monoisotopic (exact) mass is 461 g/mol. The molecule has 3 aliphatic heterocycles. The van der Waals surface area contributed by atoms with Gasteiger partial charge in [0.15, 0.2) is 0 Å². The third-order valence-electron chi connectivity index (χ3n) is 8.28. The maximum absolute atomic E-state index is 13.7. The number of fused-ring (bicyclic) bond motifs is 3. The maximum atomic E-state index is 13.7. The van der Waals surface area contributed by atoms with E-state index < -0.39 is 0 Å². The third kappa shape index (κ3) is 3.93. The third-order valence-corrected chi connectivity index (χ3v) is 8.28. The van der Waals surface area contributed by atoms with Crippen LogP contribution in [0.3, 0.4) is 0 Å². The van der Waals surface area contributed by atoms with Crippen molar-refractivity contribution in [2.45, 2.75) is 44.8 Å². The highest BCUT2D eigenvalue weighted by Gasteiger charge is 2.55. The van der Waals surface area contributed by atoms with Gasteiger partial charge in [-0.05, 0) is 56.8 Å². The number of piperidine rings is 1. The number of carbonyl (C=O) groups is 1. The second-order valence-electron chi connectivity index (χ2n) is 10.2. The molecule has 1 N–H and O–H groups in total. The minimum Gasteiger partial charge on any atom is -0.396 e. The first-order chi connectivity index (χ1) is 16.5. The van der Waals surface area contributed by atoms with Crippen molar-refractivity contribution in [3.8, 4) is 0 Å². The number of aromatic nitrogens is 1. The number of allylic oxidation sites excluding steroid dienone is 1. The van der Waals surface area contributed by atoms with Crippen LogP contribution in [0.25, 0.3) is 6.08 Å². The summed E-state index contributed by atoms with van der Waals surface area (Å²) in [7, 11) is 1.98. The van der Waals surface area contributed by atoms with Crippen LogP contribution in [0.5, 0.6) is 0 Å². The second kappa shape index (κ2) is 9.51. The first-order valence-electron chi connectivity index (χ1n) is 12.6. The Bertz CT molecular complexity index is 1120. The average molecular weight is 462 g/mol. The van der Waals surface area contributed by atoms with Gasteiger partial charge in [0.05, 0.1) is 12.1 Å². The van der Waals surface area contributed by atoms with E-state index in [2.05, 4.69) is 29.2 Å². The molecule has 0 radical (unpaired) electrons. The van der Waals surface area contributed by atoms with E-state index in [1.165, 1.54) is 5.56 Å². The molecule has 6 nitrogen and oxygen atoms in total. The van der Waals surface area contributed by atoms with Gasteiger partial charge in [0.1, 0.15) is 0 Å². The first-order valence-corrected chi connectivity index (χ1v) is 12.6. The van der Waals surface area contributed by atoms with Gasteiger partial charge in [-0.25, -0.2) is 0 Å². The van der Waals surface area contributed by atoms with E-state index in [0.717, 1.165) is 38.0 Å². The van der Waals surface area contributed by atoms with E-state index in [0.29, 0.717) is 18.0 Å². The predicted octanol–water partition coefficient (Wildman–Crippen LogP) is 2.96. The maximum Gasteiger partial charge on any atom is 0.258 e. The molecular formula is C28H35N3O3. The van der Waals surface area contributed by atoms with E-state index in [4.69, 9.17) is 0 Å². The van der Waals surface area contributed by atoms with Crippen molar-refractivity contribution in [3.05, 3.63) is 75.7 Å². The fourth-order valence-electron chi connectivity index (χ4n) is 6.57. The van der Waals surface area contributed by atoms with Crippen molar-refractivity contribution in [3.63, 3.8) is 0 Å². The summed E-state index contributed by atoms with van der Waals surface area (Å²) in [5.41, 5.74) is 3.02. The number of benzene rings is 1. The molecule has 2 aromatic rings. The average Bonchev–Trinajstić information content (AvgIpc) is 3.37. The molecule has 5 rings (SSSR count). The molecular weight excluding hydrogens is 426 g/mol. The number of amides is 1. The van der Waals surface area contributed by atoms with Gasteiger partial charge in [0.2, 0.25) is 5.91 Å². The SMILES string of the molecule is C/C=C\c1ccc2n(c1=O)C[C@@H]1[C@@H](CO)[C@H](C(=O)N3CCC(Cc4ccccc4)CC3)N(C)[C@H]21. The van der Waals surface area contributed by atoms with E-state index in [1.54, 1.807) is 0 Å². The Morgan fingerprint density at radius 3 is 2.53 bits per heavy atom. The molecule has 1 aromatic heterocycles. The number of aliphatic hydroxyl groups is 1. The molecule has 0 bridgehead atoms. The van der Waals surface area contributed by atoms with Gasteiger partial charge in [-0.15, -0.1) is 0 Å². The van der Waals surface area contributed by atoms with Crippen LogP contribution in [0.2, 0.25) is 0 Å². The molecule has 0 unspecified atom stereocenters. The van der Waals surface area contributed by atoms with Crippen LogP contribution in [0.4, 0.5) is 0 Å². The van der Waals surface area contributed by atoms with Crippen LogP contribution < -0.4 is 5.56 Å². The predicted molar refractivity (Wildman–Crippen MR) is 133 cm³/mol. The van der Waals surface area contributed by atoms with Crippen LogP contribution >= 0.6 is 0 Å². The van der Waals surface area contributed by atoms with Crippen molar-refractivity contribution < 1.29 is 9.90 Å². The number of likely N-dealkylation sites (N-methyl/N-ethyl adjacent to an activating group) is 1. The fraction of sp³-hybridized carbons (Fsp3) is 0.500. The number of aliphatic hydroxyl groups excluding tert-OH is 1. The lowest BCUT2D eigenvalue weighted by Crippen LogP contribution is -2.51. The lowest BCUT2D eigenvalue weighted by molar-refractivity contribution is -0.139. The summed E-state index contributed by atoms with van der Waals surface area (Å²) in [6.45, 7) is 3.97. The lowest BCUT2D eigenvalue weighted by Gasteiger charge is -2.37. The normalized spacial score (nSPS) is 27.3. The summed E-state index contributed by atoms with van der Waals surface area (Å²) < 4.78 is 1.85. The molecule has 1 aromatic carbocycles. The molecule has 6 heteroatoms. The van der Waals surface area contributed by atoms with Crippen molar-refractivity contribution >= 4 is 12.0 Å². The fourth-order valence-corrected chi connectivity index (χ4v) is 6.57. The van der Waals surface area contributed by atoms with E-state index >= 15 is 0 Å². The van der Waals surface area contributed by atoms with Gasteiger partial charge in [0, 0.05) is 49.3 Å². The minimum atomic E-state index is -0.343. The molecule has 2 fully saturated rings. The number of hydrogen-bond donors (Lipinski definition) is 1. The molecule has 1 amide bonds. The van der Waals surface area contributed by atoms with Gasteiger partial charge in [-0.2, -0.15) is 0 Å². The van der Waals surface area contributed by atoms with E-state index in [1.807, 2.05) is 53.8 Å². The highest BCUT2D eigenvalue weighted by atomic mass is 16.3. The summed E-state index contributed by atoms with van der Waals surface area (Å²) in [6, 6.07) is 14.1. The Labute approximate surface area is 201 Å². The molecule has 4 heterocycles. The molecule has 34 heavy (non-hydrogen) atoms. The topological polar surface area (TPSA) is 65.8 Å². The molecule has 2 saturated heterocycles. The van der Waals surface area contributed by atoms with Gasteiger partial charge in [0.25, 0.3) is 5.56 Å². The van der Waals surface area contributed by atoms with E-state index in [9.17, 15) is 14.7 Å². The zero-order valence-corrected chi connectivity index (χ0v) is 20.1.